The van der Waals surface area contributed by atoms with Crippen LogP contribution < -0.4 is 9.70 Å². The smallest absolute Gasteiger partial charge is 0.358 e. The molecule has 4 aromatic rings. The zero-order valence-electron chi connectivity index (χ0n) is 25.4. The van der Waals surface area contributed by atoms with Crippen molar-refractivity contribution in [2.45, 2.75) is 52.2 Å². The van der Waals surface area contributed by atoms with Gasteiger partial charge in [0.15, 0.2) is 27.3 Å². The predicted molar refractivity (Wildman–Crippen MR) is 172 cm³/mol. The monoisotopic (exact) mass is 625 g/mol. The van der Waals surface area contributed by atoms with E-state index in [2.05, 4.69) is 63.5 Å². The lowest BCUT2D eigenvalue weighted by atomic mass is 9.98. The largest absolute Gasteiger partial charge is 0.461 e. The summed E-state index contributed by atoms with van der Waals surface area (Å²) in [4.78, 5) is 28.2. The molecular weight excluding hydrogens is 587 g/mol. The minimum absolute atomic E-state index is 0.274. The lowest BCUT2D eigenvalue weighted by Gasteiger charge is -2.35. The van der Waals surface area contributed by atoms with Gasteiger partial charge in [-0.05, 0) is 50.7 Å². The van der Waals surface area contributed by atoms with Gasteiger partial charge in [-0.1, -0.05) is 43.1 Å². The van der Waals surface area contributed by atoms with E-state index in [9.17, 15) is 4.79 Å². The molecule has 0 N–H and O–H groups in total. The first-order valence-electron chi connectivity index (χ1n) is 14.2. The molecule has 0 aliphatic carbocycles. The second-order valence-electron chi connectivity index (χ2n) is 11.9. The number of benzene rings is 1. The maximum atomic E-state index is 12.7. The van der Waals surface area contributed by atoms with Gasteiger partial charge in [0.05, 0.1) is 16.8 Å². The molecule has 224 valence electrons. The van der Waals surface area contributed by atoms with Gasteiger partial charge < -0.3 is 19.3 Å². The normalized spacial score (nSPS) is 14.9. The topological polar surface area (TPSA) is 98.0 Å². The number of nitrogens with zero attached hydrogens (tertiary/aromatic N) is 7. The van der Waals surface area contributed by atoms with E-state index in [1.807, 2.05) is 37.1 Å². The Bertz CT molecular complexity index is 1640. The van der Waals surface area contributed by atoms with E-state index >= 15 is 0 Å². The maximum absolute atomic E-state index is 12.7. The fourth-order valence-corrected chi connectivity index (χ4v) is 7.53. The van der Waals surface area contributed by atoms with Crippen molar-refractivity contribution >= 4 is 63.7 Å². The molecular formula is C29H39N7O3S2Si. The van der Waals surface area contributed by atoms with E-state index in [4.69, 9.17) is 14.5 Å². The highest BCUT2D eigenvalue weighted by atomic mass is 32.1. The van der Waals surface area contributed by atoms with Crippen molar-refractivity contribution in [3.63, 3.8) is 0 Å². The molecule has 10 nitrogen and oxygen atoms in total. The molecule has 0 spiro atoms. The first-order chi connectivity index (χ1) is 20.0. The summed E-state index contributed by atoms with van der Waals surface area (Å²) in [6.07, 6.45) is 0. The Morgan fingerprint density at radius 3 is 2.64 bits per heavy atom. The van der Waals surface area contributed by atoms with Crippen LogP contribution in [0.1, 0.15) is 33.8 Å². The fourth-order valence-electron chi connectivity index (χ4n) is 4.64. The van der Waals surface area contributed by atoms with Crippen molar-refractivity contribution in [1.29, 1.82) is 0 Å². The van der Waals surface area contributed by atoms with Crippen LogP contribution in [0.25, 0.3) is 10.2 Å². The third-order valence-electron chi connectivity index (χ3n) is 7.13. The number of hydrogen-bond donors (Lipinski definition) is 0. The third kappa shape index (κ3) is 6.81. The van der Waals surface area contributed by atoms with E-state index in [0.717, 1.165) is 51.2 Å². The van der Waals surface area contributed by atoms with Crippen molar-refractivity contribution < 1.29 is 14.3 Å². The highest BCUT2D eigenvalue weighted by Crippen LogP contribution is 2.38. The van der Waals surface area contributed by atoms with Crippen molar-refractivity contribution in [3.05, 3.63) is 51.3 Å². The number of aromatic nitrogens is 4. The van der Waals surface area contributed by atoms with Crippen molar-refractivity contribution in [1.82, 2.24) is 24.6 Å². The zero-order valence-corrected chi connectivity index (χ0v) is 28.0. The van der Waals surface area contributed by atoms with Gasteiger partial charge in [-0.15, -0.1) is 21.5 Å². The molecule has 4 heterocycles. The van der Waals surface area contributed by atoms with E-state index < -0.39 is 8.07 Å². The molecule has 1 saturated heterocycles. The van der Waals surface area contributed by atoms with Crippen LogP contribution in [0.15, 0.2) is 35.3 Å². The van der Waals surface area contributed by atoms with Gasteiger partial charge in [-0.2, -0.15) is 4.99 Å². The lowest BCUT2D eigenvalue weighted by Crippen LogP contribution is -2.41. The SMILES string of the molecule is CCOC(=O)c1nc(N(C)c2cc(C)c(/N=c3\sc4ccccc4n3COCC[Si](C)(C)C)nn2)sc1C1CN(C)C1. The molecule has 13 heteroatoms. The number of aryl methyl sites for hydroxylation is 1. The quantitative estimate of drug-likeness (QED) is 0.118. The van der Waals surface area contributed by atoms with Gasteiger partial charge in [0.25, 0.3) is 0 Å². The third-order valence-corrected chi connectivity index (χ3v) is 11.2. The zero-order chi connectivity index (χ0) is 30.0. The number of likely N-dealkylation sites (N-methyl/N-ethyl adjacent to an activating group) is 1. The summed E-state index contributed by atoms with van der Waals surface area (Å²) >= 11 is 3.12. The Balaban J connectivity index is 1.42. The number of carbonyl (C=O) groups excluding carboxylic acids is 1. The summed E-state index contributed by atoms with van der Waals surface area (Å²) in [5, 5.41) is 9.69. The van der Waals surface area contributed by atoms with Gasteiger partial charge in [-0.25, -0.2) is 9.78 Å². The number of rotatable bonds is 11. The van der Waals surface area contributed by atoms with Gasteiger partial charge in [0.1, 0.15) is 6.73 Å². The van der Waals surface area contributed by atoms with Gasteiger partial charge in [-0.3, -0.25) is 4.57 Å². The van der Waals surface area contributed by atoms with Crippen LogP contribution in [-0.4, -0.2) is 79.1 Å². The number of likely N-dealkylation sites (tertiary alicyclic amines) is 1. The highest BCUT2D eigenvalue weighted by Gasteiger charge is 2.33. The number of fused-ring (bicyclic) bond motifs is 1. The predicted octanol–water partition coefficient (Wildman–Crippen LogP) is 5.78. The summed E-state index contributed by atoms with van der Waals surface area (Å²) in [6, 6.07) is 11.3. The number of esters is 1. The molecule has 1 aliphatic heterocycles. The van der Waals surface area contributed by atoms with Crippen LogP contribution in [0.4, 0.5) is 16.8 Å². The Labute approximate surface area is 255 Å². The summed E-state index contributed by atoms with van der Waals surface area (Å²) < 4.78 is 14.7. The Kier molecular flexibility index (Phi) is 9.23. The summed E-state index contributed by atoms with van der Waals surface area (Å²) in [6.45, 7) is 14.1. The molecule has 0 amide bonds. The molecule has 0 unspecified atom stereocenters. The minimum Gasteiger partial charge on any atom is -0.461 e. The summed E-state index contributed by atoms with van der Waals surface area (Å²) in [5.41, 5.74) is 2.38. The number of thiazole rings is 2. The van der Waals surface area contributed by atoms with Crippen LogP contribution in [0.2, 0.25) is 25.7 Å². The second-order valence-corrected chi connectivity index (χ2v) is 19.5. The molecule has 1 aliphatic rings. The molecule has 1 aromatic carbocycles. The van der Waals surface area contributed by atoms with Crippen molar-refractivity contribution in [2.24, 2.45) is 4.99 Å². The molecule has 5 rings (SSSR count). The molecule has 0 atom stereocenters. The second kappa shape index (κ2) is 12.7. The van der Waals surface area contributed by atoms with Crippen LogP contribution in [0.5, 0.6) is 0 Å². The lowest BCUT2D eigenvalue weighted by molar-refractivity contribution is 0.0516. The number of anilines is 2. The van der Waals surface area contributed by atoms with Gasteiger partial charge >= 0.3 is 5.97 Å². The standard InChI is InChI=1S/C29H39N7O3S2Si/c1-8-39-27(37)24-25(20-16-34(3)17-20)41-28(30-24)35(4)23-15-19(2)26(33-32-23)31-29-36(18-38-13-14-42(5,6)7)21-11-9-10-12-22(21)40-29/h9-12,15,20H,8,13-14,16-18H2,1-7H3/b31-29-. The molecule has 0 bridgehead atoms. The molecule has 1 fully saturated rings. The number of hydrogen-bond acceptors (Lipinski definition) is 11. The van der Waals surface area contributed by atoms with Crippen LogP contribution in [-0.2, 0) is 16.2 Å². The average Bonchev–Trinajstić information content (AvgIpc) is 3.51. The van der Waals surface area contributed by atoms with Crippen molar-refractivity contribution in [3.8, 4) is 0 Å². The Hall–Kier alpha value is -2.97. The van der Waals surface area contributed by atoms with E-state index in [-0.39, 0.29) is 11.9 Å². The molecule has 0 saturated carbocycles. The first kappa shape index (κ1) is 30.5. The van der Waals surface area contributed by atoms with Crippen LogP contribution in [0, 0.1) is 6.92 Å². The fraction of sp³-hybridized carbons (Fsp3) is 0.483. The average molecular weight is 626 g/mol. The first-order valence-corrected chi connectivity index (χ1v) is 19.5. The Morgan fingerprint density at radius 2 is 1.95 bits per heavy atom. The maximum Gasteiger partial charge on any atom is 0.358 e. The Morgan fingerprint density at radius 1 is 1.19 bits per heavy atom. The molecule has 42 heavy (non-hydrogen) atoms. The number of carbonyl (C=O) groups is 1. The van der Waals surface area contributed by atoms with E-state index in [1.165, 1.54) is 11.3 Å². The van der Waals surface area contributed by atoms with Crippen molar-refractivity contribution in [2.75, 3.05) is 45.3 Å². The van der Waals surface area contributed by atoms with Gasteiger partial charge in [0.2, 0.25) is 0 Å². The molecule has 0 radical (unpaired) electrons. The molecule has 3 aromatic heterocycles. The van der Waals surface area contributed by atoms with E-state index in [0.29, 0.717) is 35.8 Å². The number of ether oxygens (including phenoxy) is 2. The van der Waals surface area contributed by atoms with Gasteiger partial charge in [0, 0.05) is 45.6 Å². The van der Waals surface area contributed by atoms with E-state index in [1.54, 1.807) is 18.3 Å². The summed E-state index contributed by atoms with van der Waals surface area (Å²) in [7, 11) is 2.78. The number of para-hydroxylation sites is 1. The highest BCUT2D eigenvalue weighted by molar-refractivity contribution is 7.16. The summed E-state index contributed by atoms with van der Waals surface area (Å²) in [5.74, 6) is 1.08. The van der Waals surface area contributed by atoms with Crippen LogP contribution in [0.3, 0.4) is 0 Å². The minimum atomic E-state index is -1.18. The van der Waals surface area contributed by atoms with Crippen LogP contribution >= 0.6 is 22.7 Å².